The molecule has 0 aliphatic heterocycles. The van der Waals surface area contributed by atoms with Crippen LogP contribution in [0.3, 0.4) is 0 Å². The lowest BCUT2D eigenvalue weighted by Gasteiger charge is -2.12. The summed E-state index contributed by atoms with van der Waals surface area (Å²) in [7, 11) is 0. The van der Waals surface area contributed by atoms with Crippen molar-refractivity contribution in [3.05, 3.63) is 64.4 Å². The van der Waals surface area contributed by atoms with Gasteiger partial charge in [-0.1, -0.05) is 23.7 Å². The number of rotatable bonds is 4. The molecule has 132 valence electrons. The maximum absolute atomic E-state index is 13.4. The van der Waals surface area contributed by atoms with E-state index in [4.69, 9.17) is 11.6 Å². The summed E-state index contributed by atoms with van der Waals surface area (Å²) in [6, 6.07) is 7.79. The van der Waals surface area contributed by atoms with Crippen LogP contribution >= 0.6 is 11.6 Å². The predicted molar refractivity (Wildman–Crippen MR) is 81.8 cm³/mol. The van der Waals surface area contributed by atoms with Gasteiger partial charge in [0.2, 0.25) is 0 Å². The van der Waals surface area contributed by atoms with Crippen molar-refractivity contribution in [1.29, 1.82) is 0 Å². The van der Waals surface area contributed by atoms with Crippen molar-refractivity contribution in [3.63, 3.8) is 0 Å². The van der Waals surface area contributed by atoms with E-state index < -0.39 is 41.1 Å². The third kappa shape index (κ3) is 4.93. The molecule has 0 atom stereocenters. The van der Waals surface area contributed by atoms with Gasteiger partial charge in [0, 0.05) is 5.69 Å². The zero-order valence-electron chi connectivity index (χ0n) is 12.4. The quantitative estimate of drug-likeness (QED) is 0.640. The minimum absolute atomic E-state index is 0.177. The van der Waals surface area contributed by atoms with Crippen LogP contribution in [0.2, 0.25) is 5.02 Å². The largest absolute Gasteiger partial charge is 0.452 e. The van der Waals surface area contributed by atoms with E-state index in [0.717, 1.165) is 18.2 Å². The lowest BCUT2D eigenvalue weighted by Crippen LogP contribution is -2.21. The Hall–Kier alpha value is -2.61. The van der Waals surface area contributed by atoms with Crippen molar-refractivity contribution >= 4 is 29.2 Å². The number of hydrogen-bond donors (Lipinski definition) is 1. The fourth-order valence-electron chi connectivity index (χ4n) is 1.85. The molecule has 9 heteroatoms. The van der Waals surface area contributed by atoms with E-state index >= 15 is 0 Å². The molecule has 1 amide bonds. The first-order valence-electron chi connectivity index (χ1n) is 6.76. The maximum atomic E-state index is 13.4. The molecule has 0 radical (unpaired) electrons. The van der Waals surface area contributed by atoms with Crippen LogP contribution in [0, 0.1) is 5.82 Å². The second kappa shape index (κ2) is 7.52. The first-order valence-corrected chi connectivity index (χ1v) is 7.14. The number of benzene rings is 2. The SMILES string of the molecule is O=C(COC(=O)c1ccccc1F)Nc1ccc(Cl)c(C(F)(F)F)c1. The summed E-state index contributed by atoms with van der Waals surface area (Å²) in [5.41, 5.74) is -1.65. The van der Waals surface area contributed by atoms with Gasteiger partial charge < -0.3 is 10.1 Å². The Morgan fingerprint density at radius 2 is 1.80 bits per heavy atom. The van der Waals surface area contributed by atoms with E-state index in [0.29, 0.717) is 6.07 Å². The average Bonchev–Trinajstić information content (AvgIpc) is 2.54. The third-order valence-electron chi connectivity index (χ3n) is 2.98. The highest BCUT2D eigenvalue weighted by atomic mass is 35.5. The van der Waals surface area contributed by atoms with Crippen LogP contribution in [0.1, 0.15) is 15.9 Å². The van der Waals surface area contributed by atoms with Gasteiger partial charge in [0.25, 0.3) is 5.91 Å². The molecule has 0 bridgehead atoms. The average molecular weight is 376 g/mol. The van der Waals surface area contributed by atoms with Crippen LogP contribution in [0.4, 0.5) is 23.2 Å². The Balaban J connectivity index is 1.99. The molecule has 2 rings (SSSR count). The lowest BCUT2D eigenvalue weighted by atomic mass is 10.2. The number of nitrogens with one attached hydrogen (secondary N) is 1. The number of carbonyl (C=O) groups is 2. The molecule has 25 heavy (non-hydrogen) atoms. The molecule has 0 saturated heterocycles. The number of ether oxygens (including phenoxy) is 1. The van der Waals surface area contributed by atoms with Crippen LogP contribution in [-0.2, 0) is 15.7 Å². The van der Waals surface area contributed by atoms with Crippen molar-refractivity contribution in [2.75, 3.05) is 11.9 Å². The number of alkyl halides is 3. The van der Waals surface area contributed by atoms with Crippen LogP contribution in [0.15, 0.2) is 42.5 Å². The van der Waals surface area contributed by atoms with Gasteiger partial charge in [-0.25, -0.2) is 9.18 Å². The molecule has 2 aromatic carbocycles. The summed E-state index contributed by atoms with van der Waals surface area (Å²) in [5, 5.41) is 1.62. The molecule has 2 aromatic rings. The molecular weight excluding hydrogens is 366 g/mol. The molecule has 0 heterocycles. The monoisotopic (exact) mass is 375 g/mol. The molecule has 1 N–H and O–H groups in total. The highest BCUT2D eigenvalue weighted by Gasteiger charge is 2.33. The normalized spacial score (nSPS) is 11.1. The van der Waals surface area contributed by atoms with E-state index in [-0.39, 0.29) is 11.3 Å². The standard InChI is InChI=1S/C16H10ClF4NO3/c17-12-6-5-9(7-11(12)16(19,20)21)22-14(23)8-25-15(24)10-3-1-2-4-13(10)18/h1-7H,8H2,(H,22,23). The van der Waals surface area contributed by atoms with Crippen molar-refractivity contribution in [3.8, 4) is 0 Å². The highest BCUT2D eigenvalue weighted by Crippen LogP contribution is 2.36. The van der Waals surface area contributed by atoms with E-state index in [1.165, 1.54) is 18.2 Å². The number of anilines is 1. The Morgan fingerprint density at radius 3 is 2.44 bits per heavy atom. The van der Waals surface area contributed by atoms with Gasteiger partial charge in [0.05, 0.1) is 16.1 Å². The lowest BCUT2D eigenvalue weighted by molar-refractivity contribution is -0.137. The minimum Gasteiger partial charge on any atom is -0.452 e. The van der Waals surface area contributed by atoms with Gasteiger partial charge in [-0.3, -0.25) is 4.79 Å². The van der Waals surface area contributed by atoms with E-state index in [9.17, 15) is 27.2 Å². The summed E-state index contributed by atoms with van der Waals surface area (Å²) < 4.78 is 56.2. The predicted octanol–water partition coefficient (Wildman–Crippen LogP) is 4.29. The van der Waals surface area contributed by atoms with Crippen LogP contribution in [0.25, 0.3) is 0 Å². The third-order valence-corrected chi connectivity index (χ3v) is 3.31. The fourth-order valence-corrected chi connectivity index (χ4v) is 2.08. The Kier molecular flexibility index (Phi) is 5.63. The summed E-state index contributed by atoms with van der Waals surface area (Å²) >= 11 is 5.47. The summed E-state index contributed by atoms with van der Waals surface area (Å²) in [6.45, 7) is -0.794. The minimum atomic E-state index is -4.69. The molecule has 0 aliphatic rings. The van der Waals surface area contributed by atoms with Gasteiger partial charge in [-0.15, -0.1) is 0 Å². The van der Waals surface area contributed by atoms with Crippen molar-refractivity contribution in [1.82, 2.24) is 0 Å². The van der Waals surface area contributed by atoms with E-state index in [2.05, 4.69) is 10.1 Å². The molecule has 0 unspecified atom stereocenters. The number of hydrogen-bond acceptors (Lipinski definition) is 3. The second-order valence-electron chi connectivity index (χ2n) is 4.80. The Morgan fingerprint density at radius 1 is 1.12 bits per heavy atom. The Bertz CT molecular complexity index is 808. The molecule has 0 aliphatic carbocycles. The number of halogens is 5. The first-order chi connectivity index (χ1) is 11.7. The summed E-state index contributed by atoms with van der Waals surface area (Å²) in [4.78, 5) is 23.3. The maximum Gasteiger partial charge on any atom is 0.417 e. The molecule has 0 fully saturated rings. The van der Waals surface area contributed by atoms with Gasteiger partial charge in [-0.05, 0) is 30.3 Å². The second-order valence-corrected chi connectivity index (χ2v) is 5.20. The molecule has 0 saturated carbocycles. The zero-order valence-corrected chi connectivity index (χ0v) is 13.1. The van der Waals surface area contributed by atoms with Crippen LogP contribution < -0.4 is 5.32 Å². The highest BCUT2D eigenvalue weighted by molar-refractivity contribution is 6.31. The zero-order chi connectivity index (χ0) is 18.6. The van der Waals surface area contributed by atoms with Crippen LogP contribution in [-0.4, -0.2) is 18.5 Å². The number of esters is 1. The molecular formula is C16H10ClF4NO3. The van der Waals surface area contributed by atoms with Crippen LogP contribution in [0.5, 0.6) is 0 Å². The summed E-state index contributed by atoms with van der Waals surface area (Å²) in [5.74, 6) is -2.78. The van der Waals surface area contributed by atoms with Crippen molar-refractivity contribution < 1.29 is 31.9 Å². The van der Waals surface area contributed by atoms with E-state index in [1.807, 2.05) is 0 Å². The number of amides is 1. The molecule has 0 aromatic heterocycles. The van der Waals surface area contributed by atoms with Gasteiger partial charge in [0.1, 0.15) is 5.82 Å². The van der Waals surface area contributed by atoms with Gasteiger partial charge in [0.15, 0.2) is 6.61 Å². The van der Waals surface area contributed by atoms with Crippen molar-refractivity contribution in [2.24, 2.45) is 0 Å². The molecule has 0 spiro atoms. The topological polar surface area (TPSA) is 55.4 Å². The van der Waals surface area contributed by atoms with Crippen molar-refractivity contribution in [2.45, 2.75) is 6.18 Å². The van der Waals surface area contributed by atoms with Gasteiger partial charge in [-0.2, -0.15) is 13.2 Å². The van der Waals surface area contributed by atoms with E-state index in [1.54, 1.807) is 0 Å². The summed E-state index contributed by atoms with van der Waals surface area (Å²) in [6.07, 6.45) is -4.69. The Labute approximate surface area is 144 Å². The smallest absolute Gasteiger partial charge is 0.417 e. The van der Waals surface area contributed by atoms with Gasteiger partial charge >= 0.3 is 12.1 Å². The first kappa shape index (κ1) is 18.7. The number of carbonyl (C=O) groups excluding carboxylic acids is 2. The molecule has 4 nitrogen and oxygen atoms in total. The fraction of sp³-hybridized carbons (Fsp3) is 0.125.